The first-order valence-electron chi connectivity index (χ1n) is 10.1. The molecule has 0 unspecified atom stereocenters. The van der Waals surface area contributed by atoms with E-state index in [9.17, 15) is 13.2 Å². The molecule has 1 amide bonds. The molecule has 176 valence electrons. The van der Waals surface area contributed by atoms with E-state index in [1.807, 2.05) is 13.8 Å². The van der Waals surface area contributed by atoms with Crippen molar-refractivity contribution in [2.75, 3.05) is 30.2 Å². The zero-order chi connectivity index (χ0) is 23.7. The number of thioether (sulfide) groups is 1. The second kappa shape index (κ2) is 11.6. The van der Waals surface area contributed by atoms with Gasteiger partial charge in [-0.25, -0.2) is 13.4 Å². The van der Waals surface area contributed by atoms with E-state index in [1.165, 1.54) is 36.0 Å². The molecule has 2 aromatic carbocycles. The molecule has 0 atom stereocenters. The van der Waals surface area contributed by atoms with E-state index in [-0.39, 0.29) is 17.4 Å². The van der Waals surface area contributed by atoms with Crippen LogP contribution in [0.5, 0.6) is 11.5 Å². The molecule has 33 heavy (non-hydrogen) atoms. The lowest BCUT2D eigenvalue weighted by Gasteiger charge is -2.10. The molecule has 1 aromatic heterocycles. The third kappa shape index (κ3) is 7.68. The van der Waals surface area contributed by atoms with Gasteiger partial charge in [0.05, 0.1) is 11.5 Å². The molecule has 1 heterocycles. The van der Waals surface area contributed by atoms with Crippen molar-refractivity contribution in [1.29, 1.82) is 0 Å². The Balaban J connectivity index is 1.43. The number of ether oxygens (including phenoxy) is 2. The number of carbonyl (C=O) groups excluding carboxylic acids is 1. The number of anilines is 1. The number of aromatic amines is 1. The number of nitrogens with zero attached hydrogens (tertiary/aromatic N) is 2. The maximum absolute atomic E-state index is 12.6. The van der Waals surface area contributed by atoms with Crippen molar-refractivity contribution in [3.8, 4) is 11.5 Å². The monoisotopic (exact) mass is 491 g/mol. The Morgan fingerprint density at radius 3 is 2.36 bits per heavy atom. The van der Waals surface area contributed by atoms with Crippen molar-refractivity contribution < 1.29 is 22.7 Å². The first kappa shape index (κ1) is 24.4. The number of benzene rings is 2. The fourth-order valence-corrected chi connectivity index (χ4v) is 4.39. The minimum Gasteiger partial charge on any atom is -0.494 e. The fraction of sp³-hybridized carbons (Fsp3) is 0.286. The average molecular weight is 492 g/mol. The summed E-state index contributed by atoms with van der Waals surface area (Å²) < 4.78 is 38.5. The van der Waals surface area contributed by atoms with Gasteiger partial charge in [-0.15, -0.1) is 5.10 Å². The summed E-state index contributed by atoms with van der Waals surface area (Å²) in [5.74, 6) is 2.12. The summed E-state index contributed by atoms with van der Waals surface area (Å²) in [6.45, 7) is 4.48. The van der Waals surface area contributed by atoms with Crippen LogP contribution in [0.3, 0.4) is 0 Å². The molecule has 0 fully saturated rings. The quantitative estimate of drug-likeness (QED) is 0.260. The second-order valence-electron chi connectivity index (χ2n) is 6.72. The molecule has 0 radical (unpaired) electrons. The number of nitrogens with one attached hydrogen (secondary N) is 3. The molecule has 0 aliphatic rings. The highest BCUT2D eigenvalue weighted by atomic mass is 32.2. The standard InChI is InChI=1S/C21H25N5O5S2/c1-3-30-17-6-4-16(5-7-17)26-33(28,29)19-10-8-18(9-11-19)31-14-20(27)22-12-13-32-21-23-15(2)24-25-21/h4-11,26H,3,12-14H2,1-2H3,(H,22,27)(H,23,24,25). The first-order chi connectivity index (χ1) is 15.9. The SMILES string of the molecule is CCOc1ccc(NS(=O)(=O)c2ccc(OCC(=O)NCCSc3n[nH]c(C)n3)cc2)cc1. The average Bonchev–Trinajstić information content (AvgIpc) is 3.22. The van der Waals surface area contributed by atoms with Crippen LogP contribution in [0.25, 0.3) is 0 Å². The zero-order valence-corrected chi connectivity index (χ0v) is 19.8. The Labute approximate surface area is 196 Å². The van der Waals surface area contributed by atoms with Gasteiger partial charge < -0.3 is 14.8 Å². The lowest BCUT2D eigenvalue weighted by Crippen LogP contribution is -2.30. The predicted molar refractivity (Wildman–Crippen MR) is 125 cm³/mol. The van der Waals surface area contributed by atoms with Gasteiger partial charge in [-0.3, -0.25) is 14.6 Å². The Kier molecular flexibility index (Phi) is 8.55. The number of rotatable bonds is 12. The fourth-order valence-electron chi connectivity index (χ4n) is 2.63. The number of hydrogen-bond acceptors (Lipinski definition) is 8. The normalized spacial score (nSPS) is 11.1. The summed E-state index contributed by atoms with van der Waals surface area (Å²) >= 11 is 1.43. The highest BCUT2D eigenvalue weighted by Gasteiger charge is 2.14. The highest BCUT2D eigenvalue weighted by Crippen LogP contribution is 2.21. The molecule has 12 heteroatoms. The molecule has 10 nitrogen and oxygen atoms in total. The Morgan fingerprint density at radius 1 is 1.06 bits per heavy atom. The molecule has 3 rings (SSSR count). The third-order valence-electron chi connectivity index (χ3n) is 4.15. The molecule has 0 bridgehead atoms. The number of amides is 1. The lowest BCUT2D eigenvalue weighted by atomic mass is 10.3. The maximum atomic E-state index is 12.6. The Morgan fingerprint density at radius 2 is 1.73 bits per heavy atom. The number of carbonyl (C=O) groups is 1. The molecule has 0 spiro atoms. The van der Waals surface area contributed by atoms with E-state index in [0.717, 1.165) is 5.82 Å². The largest absolute Gasteiger partial charge is 0.494 e. The van der Waals surface area contributed by atoms with Crippen LogP contribution < -0.4 is 19.5 Å². The Bertz CT molecular complexity index is 1150. The Hall–Kier alpha value is -3.25. The van der Waals surface area contributed by atoms with Gasteiger partial charge in [0.1, 0.15) is 17.3 Å². The number of aromatic nitrogens is 3. The van der Waals surface area contributed by atoms with E-state index in [1.54, 1.807) is 24.3 Å². The molecule has 3 N–H and O–H groups in total. The smallest absolute Gasteiger partial charge is 0.261 e. The van der Waals surface area contributed by atoms with Crippen LogP contribution in [-0.2, 0) is 14.8 Å². The van der Waals surface area contributed by atoms with E-state index in [0.29, 0.717) is 41.2 Å². The summed E-state index contributed by atoms with van der Waals surface area (Å²) in [5.41, 5.74) is 0.423. The van der Waals surface area contributed by atoms with Crippen LogP contribution in [0.2, 0.25) is 0 Å². The minimum absolute atomic E-state index is 0.0763. The van der Waals surface area contributed by atoms with Crippen molar-refractivity contribution in [2.24, 2.45) is 0 Å². The van der Waals surface area contributed by atoms with Crippen LogP contribution in [-0.4, -0.2) is 55.0 Å². The van der Waals surface area contributed by atoms with Crippen LogP contribution >= 0.6 is 11.8 Å². The summed E-state index contributed by atoms with van der Waals surface area (Å²) in [6.07, 6.45) is 0. The van der Waals surface area contributed by atoms with Crippen LogP contribution in [0, 0.1) is 6.92 Å². The molecular weight excluding hydrogens is 466 g/mol. The highest BCUT2D eigenvalue weighted by molar-refractivity contribution is 7.99. The van der Waals surface area contributed by atoms with Crippen molar-refractivity contribution in [2.45, 2.75) is 23.9 Å². The molecule has 0 aliphatic heterocycles. The summed E-state index contributed by atoms with van der Waals surface area (Å²) in [5, 5.41) is 10.1. The number of hydrogen-bond donors (Lipinski definition) is 3. The van der Waals surface area contributed by atoms with E-state index < -0.39 is 10.0 Å². The number of sulfonamides is 1. The molecule has 3 aromatic rings. The van der Waals surface area contributed by atoms with Gasteiger partial charge in [0.2, 0.25) is 5.16 Å². The third-order valence-corrected chi connectivity index (χ3v) is 6.40. The summed E-state index contributed by atoms with van der Waals surface area (Å²) in [7, 11) is -3.76. The van der Waals surface area contributed by atoms with Gasteiger partial charge in [-0.2, -0.15) is 0 Å². The van der Waals surface area contributed by atoms with Gasteiger partial charge in [0.25, 0.3) is 15.9 Å². The molecule has 0 saturated heterocycles. The van der Waals surface area contributed by atoms with Crippen LogP contribution in [0.1, 0.15) is 12.7 Å². The van der Waals surface area contributed by atoms with Gasteiger partial charge in [-0.05, 0) is 62.4 Å². The van der Waals surface area contributed by atoms with E-state index in [4.69, 9.17) is 9.47 Å². The molecule has 0 saturated carbocycles. The molecular formula is C21H25N5O5S2. The van der Waals surface area contributed by atoms with E-state index >= 15 is 0 Å². The number of aryl methyl sites for hydroxylation is 1. The molecule has 0 aliphatic carbocycles. The van der Waals surface area contributed by atoms with Gasteiger partial charge in [0.15, 0.2) is 6.61 Å². The van der Waals surface area contributed by atoms with Crippen LogP contribution in [0.15, 0.2) is 58.6 Å². The van der Waals surface area contributed by atoms with E-state index in [2.05, 4.69) is 25.2 Å². The van der Waals surface area contributed by atoms with Gasteiger partial charge in [0, 0.05) is 18.0 Å². The van der Waals surface area contributed by atoms with Crippen LogP contribution in [0.4, 0.5) is 5.69 Å². The number of H-pyrrole nitrogens is 1. The zero-order valence-electron chi connectivity index (χ0n) is 18.2. The topological polar surface area (TPSA) is 135 Å². The second-order valence-corrected chi connectivity index (χ2v) is 9.47. The minimum atomic E-state index is -3.76. The van der Waals surface area contributed by atoms with Crippen molar-refractivity contribution in [3.63, 3.8) is 0 Å². The first-order valence-corrected chi connectivity index (χ1v) is 12.6. The lowest BCUT2D eigenvalue weighted by molar-refractivity contribution is -0.122. The van der Waals surface area contributed by atoms with Crippen molar-refractivity contribution >= 4 is 33.4 Å². The summed E-state index contributed by atoms with van der Waals surface area (Å²) in [6, 6.07) is 12.5. The van der Waals surface area contributed by atoms with Gasteiger partial charge >= 0.3 is 0 Å². The maximum Gasteiger partial charge on any atom is 0.261 e. The van der Waals surface area contributed by atoms with Crippen molar-refractivity contribution in [1.82, 2.24) is 20.5 Å². The summed E-state index contributed by atoms with van der Waals surface area (Å²) in [4.78, 5) is 16.2. The van der Waals surface area contributed by atoms with Gasteiger partial charge in [-0.1, -0.05) is 11.8 Å². The van der Waals surface area contributed by atoms with Crippen molar-refractivity contribution in [3.05, 3.63) is 54.4 Å². The predicted octanol–water partition coefficient (Wildman–Crippen LogP) is 2.60.